The zero-order valence-corrected chi connectivity index (χ0v) is 17.4. The van der Waals surface area contributed by atoms with Gasteiger partial charge < -0.3 is 5.32 Å². The van der Waals surface area contributed by atoms with Gasteiger partial charge in [0, 0.05) is 5.02 Å². The van der Waals surface area contributed by atoms with E-state index in [0.717, 1.165) is 27.5 Å². The molecule has 0 bridgehead atoms. The Bertz CT molecular complexity index is 1110. The number of anilines is 1. The fourth-order valence-corrected chi connectivity index (χ4v) is 4.92. The predicted molar refractivity (Wildman–Crippen MR) is 120 cm³/mol. The molecule has 9 heteroatoms. The number of aromatic nitrogens is 1. The molecule has 1 aliphatic heterocycles. The molecule has 1 fully saturated rings. The fourth-order valence-electron chi connectivity index (χ4n) is 2.60. The maximum absolute atomic E-state index is 12.7. The molecule has 140 valence electrons. The lowest BCUT2D eigenvalue weighted by Gasteiger charge is -2.13. The Morgan fingerprint density at radius 3 is 2.75 bits per heavy atom. The van der Waals surface area contributed by atoms with E-state index in [2.05, 4.69) is 10.3 Å². The molecule has 2 aromatic carbocycles. The molecule has 0 saturated carbocycles. The Kier molecular flexibility index (Phi) is 5.45. The summed E-state index contributed by atoms with van der Waals surface area (Å²) >= 11 is 14.0. The third-order valence-corrected chi connectivity index (χ3v) is 6.58. The van der Waals surface area contributed by atoms with Crippen LogP contribution in [0.4, 0.5) is 5.13 Å². The topological polar surface area (TPSA) is 62.3 Å². The van der Waals surface area contributed by atoms with E-state index in [0.29, 0.717) is 19.4 Å². The predicted octanol–water partition coefficient (Wildman–Crippen LogP) is 4.79. The summed E-state index contributed by atoms with van der Waals surface area (Å²) in [6, 6.07) is 14.8. The molecular weight excluding hydrogens is 434 g/mol. The van der Waals surface area contributed by atoms with Crippen LogP contribution in [0.3, 0.4) is 0 Å². The Hall–Kier alpha value is -2.26. The van der Waals surface area contributed by atoms with Crippen LogP contribution in [0.15, 0.2) is 53.4 Å². The Morgan fingerprint density at radius 2 is 1.96 bits per heavy atom. The van der Waals surface area contributed by atoms with Crippen LogP contribution in [0, 0.1) is 0 Å². The van der Waals surface area contributed by atoms with Gasteiger partial charge in [-0.2, -0.15) is 0 Å². The van der Waals surface area contributed by atoms with E-state index in [4.69, 9.17) is 23.8 Å². The molecule has 28 heavy (non-hydrogen) atoms. The van der Waals surface area contributed by atoms with Crippen molar-refractivity contribution in [3.05, 3.63) is 64.0 Å². The van der Waals surface area contributed by atoms with Gasteiger partial charge in [-0.25, -0.2) is 4.98 Å². The third-order valence-electron chi connectivity index (χ3n) is 3.91. The molecule has 3 aromatic rings. The van der Waals surface area contributed by atoms with Crippen molar-refractivity contribution >= 4 is 84.5 Å². The number of amides is 2. The fraction of sp³-hybridized carbons (Fsp3) is 0.0526. The SMILES string of the molecule is O=C(CN1C(=O)C(=Cc2ccccc2Cl)SC1=S)Nc1nc2ccccc2s1. The van der Waals surface area contributed by atoms with Crippen molar-refractivity contribution in [2.45, 2.75) is 0 Å². The summed E-state index contributed by atoms with van der Waals surface area (Å²) in [7, 11) is 0. The minimum absolute atomic E-state index is 0.166. The molecule has 0 unspecified atom stereocenters. The first-order valence-corrected chi connectivity index (χ1v) is 10.6. The number of para-hydroxylation sites is 1. The van der Waals surface area contributed by atoms with Gasteiger partial charge >= 0.3 is 0 Å². The van der Waals surface area contributed by atoms with Crippen LogP contribution < -0.4 is 5.32 Å². The Balaban J connectivity index is 1.47. The number of hydrogen-bond acceptors (Lipinski definition) is 6. The lowest BCUT2D eigenvalue weighted by Crippen LogP contribution is -2.36. The highest BCUT2D eigenvalue weighted by Gasteiger charge is 2.33. The highest BCUT2D eigenvalue weighted by atomic mass is 35.5. The van der Waals surface area contributed by atoms with Gasteiger partial charge in [0.25, 0.3) is 5.91 Å². The molecule has 1 N–H and O–H groups in total. The number of fused-ring (bicyclic) bond motifs is 1. The summed E-state index contributed by atoms with van der Waals surface area (Å²) in [5, 5.41) is 3.77. The highest BCUT2D eigenvalue weighted by molar-refractivity contribution is 8.26. The molecule has 2 heterocycles. The van der Waals surface area contributed by atoms with Gasteiger partial charge in [0.15, 0.2) is 5.13 Å². The number of rotatable bonds is 4. The van der Waals surface area contributed by atoms with Crippen molar-refractivity contribution in [1.29, 1.82) is 0 Å². The number of benzene rings is 2. The first-order chi connectivity index (χ1) is 13.5. The van der Waals surface area contributed by atoms with Crippen molar-refractivity contribution in [3.63, 3.8) is 0 Å². The van der Waals surface area contributed by atoms with Crippen molar-refractivity contribution < 1.29 is 9.59 Å². The van der Waals surface area contributed by atoms with Gasteiger partial charge in [-0.1, -0.05) is 77.2 Å². The summed E-state index contributed by atoms with van der Waals surface area (Å²) in [6.45, 7) is -0.166. The number of halogens is 1. The average molecular weight is 446 g/mol. The minimum atomic E-state index is -0.352. The van der Waals surface area contributed by atoms with Crippen LogP contribution in [0.1, 0.15) is 5.56 Å². The smallest absolute Gasteiger partial charge is 0.266 e. The lowest BCUT2D eigenvalue weighted by atomic mass is 10.2. The minimum Gasteiger partial charge on any atom is -0.300 e. The van der Waals surface area contributed by atoms with E-state index in [1.165, 1.54) is 16.2 Å². The quantitative estimate of drug-likeness (QED) is 0.462. The maximum Gasteiger partial charge on any atom is 0.266 e. The molecule has 4 rings (SSSR count). The molecule has 5 nitrogen and oxygen atoms in total. The number of carbonyl (C=O) groups is 2. The van der Waals surface area contributed by atoms with Gasteiger partial charge in [-0.3, -0.25) is 14.5 Å². The highest BCUT2D eigenvalue weighted by Crippen LogP contribution is 2.33. The van der Waals surface area contributed by atoms with Crippen LogP contribution >= 0.6 is 46.9 Å². The molecule has 0 spiro atoms. The van der Waals surface area contributed by atoms with Crippen LogP contribution in [-0.4, -0.2) is 32.6 Å². The monoisotopic (exact) mass is 445 g/mol. The van der Waals surface area contributed by atoms with Gasteiger partial charge in [0.2, 0.25) is 5.91 Å². The van der Waals surface area contributed by atoms with Crippen molar-refractivity contribution in [3.8, 4) is 0 Å². The molecule has 2 amide bonds. The van der Waals surface area contributed by atoms with E-state index >= 15 is 0 Å². The van der Waals surface area contributed by atoms with E-state index in [1.807, 2.05) is 42.5 Å². The number of thiocarbonyl (C=S) groups is 1. The summed E-state index contributed by atoms with van der Waals surface area (Å²) in [5.74, 6) is -0.663. The first kappa shape index (κ1) is 19.1. The lowest BCUT2D eigenvalue weighted by molar-refractivity contribution is -0.126. The standard InChI is InChI=1S/C19H12ClN3O2S3/c20-12-6-2-1-5-11(12)9-15-17(25)23(19(26)28-15)10-16(24)22-18-21-13-7-3-4-8-14(13)27-18/h1-9H,10H2,(H,21,22,24). The summed E-state index contributed by atoms with van der Waals surface area (Å²) in [6.07, 6.45) is 1.69. The van der Waals surface area contributed by atoms with Gasteiger partial charge in [0.1, 0.15) is 10.9 Å². The largest absolute Gasteiger partial charge is 0.300 e. The zero-order valence-electron chi connectivity index (χ0n) is 14.2. The van der Waals surface area contributed by atoms with E-state index in [1.54, 1.807) is 12.1 Å². The third kappa shape index (κ3) is 3.95. The number of thioether (sulfide) groups is 1. The molecular formula is C19H12ClN3O2S3. The first-order valence-electron chi connectivity index (χ1n) is 8.16. The van der Waals surface area contributed by atoms with E-state index < -0.39 is 0 Å². The van der Waals surface area contributed by atoms with E-state index in [9.17, 15) is 9.59 Å². The number of carbonyl (C=O) groups excluding carboxylic acids is 2. The summed E-state index contributed by atoms with van der Waals surface area (Å²) in [4.78, 5) is 31.2. The normalized spacial score (nSPS) is 15.6. The summed E-state index contributed by atoms with van der Waals surface area (Å²) < 4.78 is 1.31. The molecule has 0 aliphatic carbocycles. The van der Waals surface area contributed by atoms with Crippen LogP contribution in [0.25, 0.3) is 16.3 Å². The van der Waals surface area contributed by atoms with Crippen molar-refractivity contribution in [2.75, 3.05) is 11.9 Å². The number of nitrogens with one attached hydrogen (secondary N) is 1. The van der Waals surface area contributed by atoms with E-state index in [-0.39, 0.29) is 18.4 Å². The van der Waals surface area contributed by atoms with Crippen LogP contribution in [-0.2, 0) is 9.59 Å². The van der Waals surface area contributed by atoms with Crippen LogP contribution in [0.5, 0.6) is 0 Å². The van der Waals surface area contributed by atoms with Gasteiger partial charge in [0.05, 0.1) is 15.1 Å². The second-order valence-electron chi connectivity index (χ2n) is 5.82. The second-order valence-corrected chi connectivity index (χ2v) is 8.94. The molecule has 1 aliphatic rings. The van der Waals surface area contributed by atoms with Crippen molar-refractivity contribution in [1.82, 2.24) is 9.88 Å². The molecule has 1 aromatic heterocycles. The zero-order chi connectivity index (χ0) is 19.7. The number of nitrogens with zero attached hydrogens (tertiary/aromatic N) is 2. The molecule has 0 radical (unpaired) electrons. The Labute approximate surface area is 179 Å². The average Bonchev–Trinajstić information content (AvgIpc) is 3.19. The number of thiazole rings is 1. The number of hydrogen-bond donors (Lipinski definition) is 1. The van der Waals surface area contributed by atoms with Crippen LogP contribution in [0.2, 0.25) is 5.02 Å². The second kappa shape index (κ2) is 8.00. The van der Waals surface area contributed by atoms with Crippen molar-refractivity contribution in [2.24, 2.45) is 0 Å². The molecule has 0 atom stereocenters. The molecule has 1 saturated heterocycles. The maximum atomic E-state index is 12.7. The van der Waals surface area contributed by atoms with Gasteiger partial charge in [-0.05, 0) is 29.8 Å². The van der Waals surface area contributed by atoms with Gasteiger partial charge in [-0.15, -0.1) is 0 Å². The summed E-state index contributed by atoms with van der Waals surface area (Å²) in [5.41, 5.74) is 1.54. The Morgan fingerprint density at radius 1 is 1.21 bits per heavy atom.